The highest BCUT2D eigenvalue weighted by atomic mass is 32.1. The lowest BCUT2D eigenvalue weighted by Gasteiger charge is -2.34. The highest BCUT2D eigenvalue weighted by Gasteiger charge is 2.25. The molecule has 0 radical (unpaired) electrons. The van der Waals surface area contributed by atoms with Crippen molar-refractivity contribution in [1.29, 1.82) is 0 Å². The summed E-state index contributed by atoms with van der Waals surface area (Å²) in [5, 5.41) is 3.83. The number of carbonyl (C=O) groups excluding carboxylic acids is 2. The number of thiazole rings is 1. The predicted octanol–water partition coefficient (Wildman–Crippen LogP) is 4.01. The molecule has 1 aromatic carbocycles. The molecule has 1 saturated heterocycles. The number of rotatable bonds is 6. The van der Waals surface area contributed by atoms with E-state index in [1.165, 1.54) is 17.5 Å². The monoisotopic (exact) mass is 550 g/mol. The van der Waals surface area contributed by atoms with Gasteiger partial charge in [-0.15, -0.1) is 0 Å². The van der Waals surface area contributed by atoms with Crippen LogP contribution in [0.3, 0.4) is 0 Å². The second-order valence-electron chi connectivity index (χ2n) is 9.00. The van der Waals surface area contributed by atoms with Crippen molar-refractivity contribution in [3.05, 3.63) is 54.1 Å². The maximum absolute atomic E-state index is 14.7. The van der Waals surface area contributed by atoms with E-state index in [1.54, 1.807) is 34.9 Å². The lowest BCUT2D eigenvalue weighted by Crippen LogP contribution is -2.50. The zero-order valence-electron chi connectivity index (χ0n) is 21.7. The van der Waals surface area contributed by atoms with E-state index >= 15 is 0 Å². The van der Waals surface area contributed by atoms with Crippen molar-refractivity contribution in [2.45, 2.75) is 6.92 Å². The standard InChI is InChI=1S/C26H27FN8O3S/c1-4-38-26(37)35-11-9-34(10-12-35)23(36)17-6-8-21(28-14-17)31-24-29-15-18(27)22(32-24)16-5-7-19-20(13-16)39-25(30-19)33(2)3/h5-8,13-15H,4,9-12H2,1-3H3,(H,28,29,31,32). The molecule has 0 saturated carbocycles. The van der Waals surface area contributed by atoms with Crippen molar-refractivity contribution in [2.75, 3.05) is 57.1 Å². The number of ether oxygens (including phenoxy) is 1. The molecular formula is C26H27FN8O3S. The number of carbonyl (C=O) groups is 2. The van der Waals surface area contributed by atoms with Crippen LogP contribution in [0.1, 0.15) is 17.3 Å². The molecule has 0 unspecified atom stereocenters. The van der Waals surface area contributed by atoms with Gasteiger partial charge in [0.15, 0.2) is 10.9 Å². The molecule has 0 atom stereocenters. The number of aromatic nitrogens is 4. The molecular weight excluding hydrogens is 523 g/mol. The molecule has 0 bridgehead atoms. The normalized spacial score (nSPS) is 13.4. The van der Waals surface area contributed by atoms with E-state index < -0.39 is 5.82 Å². The average molecular weight is 551 g/mol. The fourth-order valence-electron chi connectivity index (χ4n) is 4.08. The molecule has 4 heterocycles. The number of amides is 2. The fraction of sp³-hybridized carbons (Fsp3) is 0.308. The summed E-state index contributed by atoms with van der Waals surface area (Å²) in [5.74, 6) is -0.140. The summed E-state index contributed by atoms with van der Waals surface area (Å²) in [6, 6.07) is 8.78. The largest absolute Gasteiger partial charge is 0.450 e. The molecule has 1 aliphatic heterocycles. The number of pyridine rings is 1. The number of hydrogen-bond acceptors (Lipinski definition) is 10. The highest BCUT2D eigenvalue weighted by molar-refractivity contribution is 7.22. The number of piperazine rings is 1. The Bertz CT molecular complexity index is 1500. The van der Waals surface area contributed by atoms with Gasteiger partial charge in [0.05, 0.1) is 28.6 Å². The molecule has 1 fully saturated rings. The van der Waals surface area contributed by atoms with Gasteiger partial charge in [0.1, 0.15) is 11.5 Å². The van der Waals surface area contributed by atoms with E-state index in [4.69, 9.17) is 4.74 Å². The Morgan fingerprint density at radius 3 is 2.51 bits per heavy atom. The minimum Gasteiger partial charge on any atom is -0.450 e. The van der Waals surface area contributed by atoms with E-state index in [-0.39, 0.29) is 23.6 Å². The third-order valence-electron chi connectivity index (χ3n) is 6.12. The molecule has 3 aromatic heterocycles. The zero-order chi connectivity index (χ0) is 27.5. The van der Waals surface area contributed by atoms with Crippen molar-refractivity contribution >= 4 is 50.5 Å². The lowest BCUT2D eigenvalue weighted by molar-refractivity contribution is 0.0570. The second-order valence-corrected chi connectivity index (χ2v) is 10.0. The molecule has 1 N–H and O–H groups in total. The third kappa shape index (κ3) is 5.72. The number of benzene rings is 1. The van der Waals surface area contributed by atoms with E-state index in [2.05, 4.69) is 25.3 Å². The van der Waals surface area contributed by atoms with Crippen molar-refractivity contribution < 1.29 is 18.7 Å². The Morgan fingerprint density at radius 2 is 1.82 bits per heavy atom. The van der Waals surface area contributed by atoms with E-state index in [0.29, 0.717) is 49.7 Å². The number of nitrogens with zero attached hydrogens (tertiary/aromatic N) is 7. The van der Waals surface area contributed by atoms with Crippen LogP contribution in [0.2, 0.25) is 0 Å². The first-order valence-corrected chi connectivity index (χ1v) is 13.2. The summed E-state index contributed by atoms with van der Waals surface area (Å²) in [6.07, 6.45) is 2.21. The molecule has 39 heavy (non-hydrogen) atoms. The highest BCUT2D eigenvalue weighted by Crippen LogP contribution is 2.32. The van der Waals surface area contributed by atoms with Gasteiger partial charge < -0.3 is 24.8 Å². The molecule has 5 rings (SSSR count). The van der Waals surface area contributed by atoms with Crippen molar-refractivity contribution in [3.63, 3.8) is 0 Å². The molecule has 0 aliphatic carbocycles. The molecule has 202 valence electrons. The number of nitrogens with one attached hydrogen (secondary N) is 1. The minimum absolute atomic E-state index is 0.156. The van der Waals surface area contributed by atoms with Crippen molar-refractivity contribution in [1.82, 2.24) is 29.7 Å². The number of halogens is 1. The third-order valence-corrected chi connectivity index (χ3v) is 7.31. The summed E-state index contributed by atoms with van der Waals surface area (Å²) < 4.78 is 20.6. The van der Waals surface area contributed by atoms with Crippen LogP contribution in [-0.2, 0) is 4.74 Å². The summed E-state index contributed by atoms with van der Waals surface area (Å²) in [4.78, 5) is 47.3. The van der Waals surface area contributed by atoms with Crippen LogP contribution in [0.4, 0.5) is 26.1 Å². The van der Waals surface area contributed by atoms with Crippen LogP contribution in [0.5, 0.6) is 0 Å². The van der Waals surface area contributed by atoms with Gasteiger partial charge >= 0.3 is 6.09 Å². The van der Waals surface area contributed by atoms with Gasteiger partial charge in [0.25, 0.3) is 5.91 Å². The first kappa shape index (κ1) is 26.2. The van der Waals surface area contributed by atoms with Crippen LogP contribution in [0.15, 0.2) is 42.7 Å². The SMILES string of the molecule is CCOC(=O)N1CCN(C(=O)c2ccc(Nc3ncc(F)c(-c4ccc5nc(N(C)C)sc5c4)n3)nc2)CC1. The molecule has 2 amide bonds. The quantitative estimate of drug-likeness (QED) is 0.380. The van der Waals surface area contributed by atoms with E-state index in [0.717, 1.165) is 21.5 Å². The molecule has 13 heteroatoms. The predicted molar refractivity (Wildman–Crippen MR) is 147 cm³/mol. The van der Waals surface area contributed by atoms with Crippen LogP contribution in [0, 0.1) is 5.82 Å². The Balaban J connectivity index is 1.26. The second kappa shape index (κ2) is 11.2. The Labute approximate surface area is 228 Å². The topological polar surface area (TPSA) is 117 Å². The van der Waals surface area contributed by atoms with Crippen molar-refractivity contribution in [2.24, 2.45) is 0 Å². The van der Waals surface area contributed by atoms with Crippen LogP contribution in [0.25, 0.3) is 21.5 Å². The van der Waals surface area contributed by atoms with Gasteiger partial charge in [-0.3, -0.25) is 4.79 Å². The number of hydrogen-bond donors (Lipinski definition) is 1. The van der Waals surface area contributed by atoms with Gasteiger partial charge in [0.2, 0.25) is 5.95 Å². The molecule has 1 aliphatic rings. The van der Waals surface area contributed by atoms with E-state index in [1.807, 2.05) is 31.1 Å². The maximum atomic E-state index is 14.7. The molecule has 11 nitrogen and oxygen atoms in total. The van der Waals surface area contributed by atoms with E-state index in [9.17, 15) is 14.0 Å². The number of anilines is 3. The minimum atomic E-state index is -0.547. The summed E-state index contributed by atoms with van der Waals surface area (Å²) in [6.45, 7) is 3.72. The Hall–Kier alpha value is -4.39. The first-order chi connectivity index (χ1) is 18.8. The molecule has 0 spiro atoms. The Morgan fingerprint density at radius 1 is 1.05 bits per heavy atom. The molecule has 4 aromatic rings. The van der Waals surface area contributed by atoms with Gasteiger partial charge in [-0.1, -0.05) is 17.4 Å². The summed E-state index contributed by atoms with van der Waals surface area (Å²) >= 11 is 1.51. The van der Waals surface area contributed by atoms with Gasteiger partial charge in [-0.2, -0.15) is 0 Å². The van der Waals surface area contributed by atoms with Crippen LogP contribution >= 0.6 is 11.3 Å². The van der Waals surface area contributed by atoms with Gasteiger partial charge in [0, 0.05) is 52.0 Å². The summed E-state index contributed by atoms with van der Waals surface area (Å²) in [5.41, 5.74) is 2.01. The lowest BCUT2D eigenvalue weighted by atomic mass is 10.1. The first-order valence-electron chi connectivity index (χ1n) is 12.4. The van der Waals surface area contributed by atoms with Crippen LogP contribution < -0.4 is 10.2 Å². The van der Waals surface area contributed by atoms with Crippen LogP contribution in [-0.4, -0.2) is 88.6 Å². The summed E-state index contributed by atoms with van der Waals surface area (Å²) in [7, 11) is 3.84. The van der Waals surface area contributed by atoms with Gasteiger partial charge in [-0.25, -0.2) is 29.1 Å². The maximum Gasteiger partial charge on any atom is 0.409 e. The zero-order valence-corrected chi connectivity index (χ0v) is 22.5. The Kier molecular flexibility index (Phi) is 7.50. The average Bonchev–Trinajstić information content (AvgIpc) is 3.38. The fourth-order valence-corrected chi connectivity index (χ4v) is 5.01. The van der Waals surface area contributed by atoms with Crippen molar-refractivity contribution in [3.8, 4) is 11.3 Å². The number of fused-ring (bicyclic) bond motifs is 1. The van der Waals surface area contributed by atoms with Gasteiger partial charge in [-0.05, 0) is 31.2 Å². The smallest absolute Gasteiger partial charge is 0.409 e.